The largest absolute Gasteiger partial charge is 0.460 e. The highest BCUT2D eigenvalue weighted by atomic mass is 28.4. The Kier molecular flexibility index (Phi) is 36.3. The minimum absolute atomic E-state index is 1.05. The first kappa shape index (κ1) is 72.8. The van der Waals surface area contributed by atoms with Gasteiger partial charge in [0.25, 0.3) is 0 Å². The fourth-order valence-electron chi connectivity index (χ4n) is 9.68. The lowest BCUT2D eigenvalue weighted by molar-refractivity contribution is 0.393. The summed E-state index contributed by atoms with van der Waals surface area (Å²) < 4.78 is 76.4. The van der Waals surface area contributed by atoms with Crippen molar-refractivity contribution in [3.8, 4) is 0 Å². The number of rotatable bonds is 43. The van der Waals surface area contributed by atoms with Crippen LogP contribution in [0.25, 0.3) is 0 Å². The molecule has 0 fully saturated rings. The van der Waals surface area contributed by atoms with E-state index in [2.05, 4.69) is 243 Å². The van der Waals surface area contributed by atoms with Gasteiger partial charge in [0.1, 0.15) is 0 Å². The Morgan fingerprint density at radius 1 is 0.241 bits per heavy atom. The maximum absolute atomic E-state index is 7.28. The molecule has 16 unspecified atom stereocenters. The third kappa shape index (κ3) is 30.0. The summed E-state index contributed by atoms with van der Waals surface area (Å²) in [5.74, 6) is 0. The van der Waals surface area contributed by atoms with E-state index in [1.165, 1.54) is 38.0 Å². The van der Waals surface area contributed by atoms with Crippen LogP contribution in [0, 0.1) is 0 Å². The van der Waals surface area contributed by atoms with E-state index in [9.17, 15) is 0 Å². The third-order valence-electron chi connectivity index (χ3n) is 14.6. The van der Waals surface area contributed by atoms with Gasteiger partial charge in [-0.25, -0.2) is 0 Å². The van der Waals surface area contributed by atoms with Crippen molar-refractivity contribution >= 4 is 181 Å². The van der Waals surface area contributed by atoms with Crippen molar-refractivity contribution in [2.75, 3.05) is 0 Å². The second kappa shape index (κ2) is 41.4. The van der Waals surface area contributed by atoms with Crippen molar-refractivity contribution in [1.82, 2.24) is 0 Å². The van der Waals surface area contributed by atoms with E-state index in [1.807, 2.05) is 5.70 Å². The molecule has 28 heteroatoms. The summed E-state index contributed by atoms with van der Waals surface area (Å²) in [7, 11) is -27.7. The van der Waals surface area contributed by atoms with Gasteiger partial charge in [0.15, 0.2) is 108 Å². The molecule has 5 aromatic carbocycles. The van der Waals surface area contributed by atoms with Gasteiger partial charge < -0.3 is 45.3 Å². The molecule has 0 N–H and O–H groups in total. The van der Waals surface area contributed by atoms with Crippen LogP contribution in [0.5, 0.6) is 0 Å². The Morgan fingerprint density at radius 2 is 0.422 bits per heavy atom. The summed E-state index contributed by atoms with van der Waals surface area (Å²) in [6, 6.07) is 64.8. The van der Waals surface area contributed by atoms with Crippen LogP contribution in [0.2, 0.25) is 146 Å². The zero-order valence-electron chi connectivity index (χ0n) is 52.6. The SMILES string of the molecule is C=C[SiH](C)O[SiH](C)CC[SiH](C)O[SiH](O[SiH](C)CC[SiH](C)O[SiH](C)CC[SiH](C)O[SiH](O[SiH](C)CC[SiH](C)O[SiH](O[SiH](O[SiH](C)CC[SiH](C)O[SiH](O[SiH](C)C)c1ccccc1)c1ccccc1)c1ccccc1)c1ccccc1)c1ccccc1. The molecule has 0 aliphatic carbocycles. The molecule has 16 atom stereocenters. The monoisotopic (exact) mass is 1420 g/mol. The van der Waals surface area contributed by atoms with Gasteiger partial charge in [-0.1, -0.05) is 157 Å². The van der Waals surface area contributed by atoms with Crippen molar-refractivity contribution in [3.63, 3.8) is 0 Å². The fraction of sp³-hybridized carbons (Fsp3) is 0.418. The number of hydrogen-bond acceptors (Lipinski definition) is 11. The van der Waals surface area contributed by atoms with Crippen LogP contribution in [-0.4, -0.2) is 155 Å². The maximum atomic E-state index is 7.28. The van der Waals surface area contributed by atoms with E-state index in [-0.39, 0.29) is 0 Å². The Balaban J connectivity index is 1.10. The predicted molar refractivity (Wildman–Crippen MR) is 398 cm³/mol. The second-order valence-corrected chi connectivity index (χ2v) is 67.8. The van der Waals surface area contributed by atoms with Crippen LogP contribution in [-0.2, 0) is 45.3 Å². The lowest BCUT2D eigenvalue weighted by Crippen LogP contribution is -2.51. The van der Waals surface area contributed by atoms with Gasteiger partial charge in [-0.3, -0.25) is 0 Å². The third-order valence-corrected chi connectivity index (χ3v) is 67.1. The molecule has 458 valence electrons. The maximum Gasteiger partial charge on any atom is 0.336 e. The van der Waals surface area contributed by atoms with Crippen molar-refractivity contribution in [2.24, 2.45) is 0 Å². The van der Waals surface area contributed by atoms with Crippen LogP contribution in [0.1, 0.15) is 0 Å². The average molecular weight is 1420 g/mol. The summed E-state index contributed by atoms with van der Waals surface area (Å²) >= 11 is 0. The van der Waals surface area contributed by atoms with Gasteiger partial charge >= 0.3 is 46.4 Å². The van der Waals surface area contributed by atoms with E-state index in [0.29, 0.717) is 0 Å². The molecule has 0 amide bonds. The van der Waals surface area contributed by atoms with Crippen molar-refractivity contribution in [1.29, 1.82) is 0 Å². The molecule has 0 bridgehead atoms. The van der Waals surface area contributed by atoms with Gasteiger partial charge in [-0.05, 0) is 171 Å². The molecule has 0 aromatic heterocycles. The first-order chi connectivity index (χ1) is 39.9. The Morgan fingerprint density at radius 3 is 0.627 bits per heavy atom. The first-order valence-electron chi connectivity index (χ1n) is 31.0. The van der Waals surface area contributed by atoms with Crippen LogP contribution in [0.4, 0.5) is 0 Å². The van der Waals surface area contributed by atoms with Crippen molar-refractivity contribution < 1.29 is 45.3 Å². The lowest BCUT2D eigenvalue weighted by atomic mass is 10.4. The van der Waals surface area contributed by atoms with Gasteiger partial charge in [-0.2, -0.15) is 0 Å². The molecule has 83 heavy (non-hydrogen) atoms. The van der Waals surface area contributed by atoms with Crippen molar-refractivity contribution in [3.05, 3.63) is 164 Å². The quantitative estimate of drug-likeness (QED) is 0.0470. The van der Waals surface area contributed by atoms with Crippen LogP contribution in [0.3, 0.4) is 0 Å². The summed E-state index contributed by atoms with van der Waals surface area (Å²) in [6.45, 7) is 34.3. The summed E-state index contributed by atoms with van der Waals surface area (Å²) in [4.78, 5) is 0. The molecule has 11 nitrogen and oxygen atoms in total. The van der Waals surface area contributed by atoms with Crippen molar-refractivity contribution in [2.45, 2.75) is 146 Å². The topological polar surface area (TPSA) is 102 Å². The number of hydrogen-bond donors (Lipinski definition) is 0. The molecule has 0 aliphatic heterocycles. The first-order valence-corrected chi connectivity index (χ1v) is 68.1. The molecule has 0 saturated heterocycles. The molecule has 0 heterocycles. The minimum Gasteiger partial charge on any atom is -0.460 e. The summed E-state index contributed by atoms with van der Waals surface area (Å²) in [5, 5.41) is 6.13. The Hall–Kier alpha value is -0.913. The molecule has 0 saturated carbocycles. The Labute approximate surface area is 531 Å². The van der Waals surface area contributed by atoms with Crippen LogP contribution >= 0.6 is 0 Å². The molecule has 5 rings (SSSR count). The molecule has 0 radical (unpaired) electrons. The number of benzene rings is 5. The van der Waals surface area contributed by atoms with Crippen LogP contribution < -0.4 is 25.9 Å². The minimum atomic E-state index is -2.32. The second-order valence-electron chi connectivity index (χ2n) is 23.2. The van der Waals surface area contributed by atoms with E-state index < -0.39 is 155 Å². The van der Waals surface area contributed by atoms with E-state index in [4.69, 9.17) is 45.3 Å². The summed E-state index contributed by atoms with van der Waals surface area (Å²) in [6.07, 6.45) is 0. The van der Waals surface area contributed by atoms with Gasteiger partial charge in [-0.15, -0.1) is 6.58 Å². The normalized spacial score (nSPS) is 17.9. The predicted octanol–water partition coefficient (Wildman–Crippen LogP) is 5.41. The molecule has 0 aliphatic rings. The molecular formula is C55H104O11Si17. The van der Waals surface area contributed by atoms with Crippen LogP contribution in [0.15, 0.2) is 164 Å². The highest BCUT2D eigenvalue weighted by molar-refractivity contribution is 6.82. The molecule has 5 aromatic rings. The summed E-state index contributed by atoms with van der Waals surface area (Å²) in [5.41, 5.74) is 2.04. The van der Waals surface area contributed by atoms with Gasteiger partial charge in [0.2, 0.25) is 0 Å². The zero-order chi connectivity index (χ0) is 59.9. The molecular weight excluding hydrogens is 1310 g/mol. The van der Waals surface area contributed by atoms with E-state index in [1.54, 1.807) is 0 Å². The lowest BCUT2D eigenvalue weighted by Gasteiger charge is -2.29. The average Bonchev–Trinajstić information content (AvgIpc) is 3.60. The van der Waals surface area contributed by atoms with Gasteiger partial charge in [0.05, 0.1) is 0 Å². The van der Waals surface area contributed by atoms with E-state index >= 15 is 0 Å². The van der Waals surface area contributed by atoms with Gasteiger partial charge in [0, 0.05) is 0 Å². The fourth-order valence-corrected chi connectivity index (χ4v) is 68.3. The zero-order valence-corrected chi connectivity index (χ0v) is 72.2. The molecule has 0 spiro atoms. The van der Waals surface area contributed by atoms with E-state index in [0.717, 1.165) is 48.4 Å². The Bertz CT molecular complexity index is 2450. The highest BCUT2D eigenvalue weighted by Gasteiger charge is 2.32. The smallest absolute Gasteiger partial charge is 0.336 e. The highest BCUT2D eigenvalue weighted by Crippen LogP contribution is 2.17. The standard InChI is InChI=1S/C55H104O11Si17/c1-15-68(4)57-69(5)41-44-73(9)60-80(52-33-23-17-24-34-52)61-74(10)45-42-70(6)58-71(7)43-46-75(11)62-81(53-35-25-18-26-36-53)63-76(12)48-50-78(14)65-83(55-39-29-20-30-40-55)66-82(54-37-27-19-28-38-54)64-77(13)49-47-72(8)59-79(56-67(2)3)51-31-21-16-22-32-51/h15-40,67-83H,1,41-50H2,2-14H3.